The van der Waals surface area contributed by atoms with E-state index in [1.54, 1.807) is 61.6 Å². The Morgan fingerprint density at radius 1 is 1.23 bits per heavy atom. The first-order valence-electron chi connectivity index (χ1n) is 9.78. The Labute approximate surface area is 178 Å². The topological polar surface area (TPSA) is 112 Å². The molecule has 0 saturated carbocycles. The Morgan fingerprint density at radius 2 is 2.10 bits per heavy atom. The molecule has 158 valence electrons. The fourth-order valence-corrected chi connectivity index (χ4v) is 3.12. The number of nitrogens with one attached hydrogen (secondary N) is 1. The number of hydrogen-bond acceptors (Lipinski definition) is 7. The molecule has 31 heavy (non-hydrogen) atoms. The molecule has 1 N–H and O–H groups in total. The summed E-state index contributed by atoms with van der Waals surface area (Å²) in [4.78, 5) is 33.6. The van der Waals surface area contributed by atoms with Crippen LogP contribution in [0.5, 0.6) is 0 Å². The van der Waals surface area contributed by atoms with E-state index in [-0.39, 0.29) is 12.6 Å². The van der Waals surface area contributed by atoms with E-state index in [1.165, 1.54) is 0 Å². The second-order valence-electron chi connectivity index (χ2n) is 7.14. The molecule has 4 rings (SSSR count). The lowest BCUT2D eigenvalue weighted by molar-refractivity contribution is -0.146. The van der Waals surface area contributed by atoms with Crippen molar-refractivity contribution in [2.24, 2.45) is 0 Å². The summed E-state index contributed by atoms with van der Waals surface area (Å²) in [5, 5.41) is 7.57. The van der Waals surface area contributed by atoms with Gasteiger partial charge in [0.2, 0.25) is 0 Å². The highest BCUT2D eigenvalue weighted by atomic mass is 16.5. The van der Waals surface area contributed by atoms with Crippen LogP contribution in [0.3, 0.4) is 0 Å². The minimum atomic E-state index is -0.505. The van der Waals surface area contributed by atoms with Gasteiger partial charge in [-0.3, -0.25) is 14.6 Å². The predicted octanol–water partition coefficient (Wildman–Crippen LogP) is 2.82. The van der Waals surface area contributed by atoms with Gasteiger partial charge < -0.3 is 14.5 Å². The molecule has 9 heteroatoms. The molecule has 0 aromatic carbocycles. The predicted molar refractivity (Wildman–Crippen MR) is 112 cm³/mol. The smallest absolute Gasteiger partial charge is 0.325 e. The van der Waals surface area contributed by atoms with Crippen molar-refractivity contribution in [1.29, 1.82) is 0 Å². The summed E-state index contributed by atoms with van der Waals surface area (Å²) in [6, 6.07) is 8.96. The van der Waals surface area contributed by atoms with E-state index in [9.17, 15) is 9.59 Å². The van der Waals surface area contributed by atoms with Gasteiger partial charge in [-0.1, -0.05) is 0 Å². The first-order valence-corrected chi connectivity index (χ1v) is 9.78. The van der Waals surface area contributed by atoms with Crippen LogP contribution in [0.15, 0.2) is 59.6 Å². The maximum absolute atomic E-state index is 12.9. The van der Waals surface area contributed by atoms with Gasteiger partial charge in [-0.25, -0.2) is 9.67 Å². The molecule has 4 aromatic heterocycles. The van der Waals surface area contributed by atoms with Gasteiger partial charge in [-0.05, 0) is 44.2 Å². The highest BCUT2D eigenvalue weighted by Crippen LogP contribution is 2.25. The van der Waals surface area contributed by atoms with Crippen molar-refractivity contribution in [2.45, 2.75) is 26.5 Å². The summed E-state index contributed by atoms with van der Waals surface area (Å²) in [6.45, 7) is 3.63. The van der Waals surface area contributed by atoms with Crippen molar-refractivity contribution in [3.8, 4) is 11.3 Å². The van der Waals surface area contributed by atoms with Gasteiger partial charge in [0, 0.05) is 18.0 Å². The van der Waals surface area contributed by atoms with Gasteiger partial charge in [0.05, 0.1) is 35.2 Å². The number of nitrogens with zero attached hydrogens (tertiary/aromatic N) is 4. The molecule has 0 saturated heterocycles. The number of ether oxygens (including phenoxy) is 1. The molecule has 0 aliphatic heterocycles. The third-order valence-corrected chi connectivity index (χ3v) is 4.46. The molecule has 0 spiro atoms. The molecule has 4 aromatic rings. The molecule has 0 aliphatic rings. The van der Waals surface area contributed by atoms with E-state index < -0.39 is 11.9 Å². The highest BCUT2D eigenvalue weighted by molar-refractivity contribution is 6.07. The fourth-order valence-electron chi connectivity index (χ4n) is 3.12. The summed E-state index contributed by atoms with van der Waals surface area (Å²) in [6.07, 6.45) is 6.25. The Bertz CT molecular complexity index is 1200. The van der Waals surface area contributed by atoms with Crippen LogP contribution < -0.4 is 5.32 Å². The van der Waals surface area contributed by atoms with Crippen LogP contribution in [-0.2, 0) is 16.1 Å². The first kappa shape index (κ1) is 20.3. The Morgan fingerprint density at radius 3 is 2.81 bits per heavy atom. The lowest BCUT2D eigenvalue weighted by Crippen LogP contribution is -2.31. The van der Waals surface area contributed by atoms with Crippen LogP contribution >= 0.6 is 0 Å². The zero-order valence-electron chi connectivity index (χ0n) is 17.1. The SMILES string of the molecule is CC(C)OC(=O)CNC(=O)c1cc(-c2cccnc2)nc2c1cnn2Cc1ccco1. The van der Waals surface area contributed by atoms with Crippen molar-refractivity contribution in [2.75, 3.05) is 6.54 Å². The highest BCUT2D eigenvalue weighted by Gasteiger charge is 2.19. The molecule has 0 radical (unpaired) electrons. The largest absolute Gasteiger partial charge is 0.467 e. The number of aromatic nitrogens is 4. The average Bonchev–Trinajstić information content (AvgIpc) is 3.42. The second kappa shape index (κ2) is 8.78. The first-order chi connectivity index (χ1) is 15.0. The van der Waals surface area contributed by atoms with E-state index in [4.69, 9.17) is 14.1 Å². The van der Waals surface area contributed by atoms with Gasteiger partial charge in [-0.15, -0.1) is 0 Å². The third kappa shape index (κ3) is 4.61. The minimum Gasteiger partial charge on any atom is -0.467 e. The number of fused-ring (bicyclic) bond motifs is 1. The number of pyridine rings is 2. The van der Waals surface area contributed by atoms with Crippen LogP contribution in [-0.4, -0.2) is 44.3 Å². The zero-order valence-corrected chi connectivity index (χ0v) is 17.1. The Hall–Kier alpha value is -4.01. The van der Waals surface area contributed by atoms with E-state index in [0.717, 1.165) is 5.56 Å². The summed E-state index contributed by atoms with van der Waals surface area (Å²) in [5.74, 6) is -0.216. The number of carbonyl (C=O) groups is 2. The number of furan rings is 1. The molecule has 1 amide bonds. The standard InChI is InChI=1S/C22H21N5O4/c1-14(2)31-20(28)12-24-22(29)17-9-19(15-5-3-7-23-10-15)26-21-18(17)11-25-27(21)13-16-6-4-8-30-16/h3-11,14H,12-13H2,1-2H3,(H,24,29). The van der Waals surface area contributed by atoms with Gasteiger partial charge in [0.1, 0.15) is 18.8 Å². The Kier molecular flexibility index (Phi) is 5.74. The van der Waals surface area contributed by atoms with Gasteiger partial charge in [-0.2, -0.15) is 5.10 Å². The lowest BCUT2D eigenvalue weighted by Gasteiger charge is -2.10. The van der Waals surface area contributed by atoms with E-state index in [2.05, 4.69) is 15.4 Å². The fraction of sp³-hybridized carbons (Fsp3) is 0.227. The molecule has 0 atom stereocenters. The molecule has 9 nitrogen and oxygen atoms in total. The molecule has 0 aliphatic carbocycles. The lowest BCUT2D eigenvalue weighted by atomic mass is 10.1. The van der Waals surface area contributed by atoms with Crippen molar-refractivity contribution >= 4 is 22.9 Å². The van der Waals surface area contributed by atoms with Crippen molar-refractivity contribution < 1.29 is 18.7 Å². The minimum absolute atomic E-state index is 0.233. The Balaban J connectivity index is 1.71. The van der Waals surface area contributed by atoms with Crippen LogP contribution in [0.2, 0.25) is 0 Å². The van der Waals surface area contributed by atoms with Crippen molar-refractivity contribution in [3.05, 3.63) is 66.5 Å². The van der Waals surface area contributed by atoms with Gasteiger partial charge in [0.25, 0.3) is 5.91 Å². The molecule has 4 heterocycles. The van der Waals surface area contributed by atoms with Crippen LogP contribution in [0.25, 0.3) is 22.3 Å². The number of hydrogen-bond donors (Lipinski definition) is 1. The number of carbonyl (C=O) groups excluding carboxylic acids is 2. The number of esters is 1. The van der Waals surface area contributed by atoms with Gasteiger partial charge in [0.15, 0.2) is 5.65 Å². The molecule has 0 fully saturated rings. The second-order valence-corrected chi connectivity index (χ2v) is 7.14. The van der Waals surface area contributed by atoms with E-state index in [0.29, 0.717) is 34.6 Å². The zero-order chi connectivity index (χ0) is 21.8. The molecular formula is C22H21N5O4. The molecule has 0 unspecified atom stereocenters. The maximum Gasteiger partial charge on any atom is 0.325 e. The van der Waals surface area contributed by atoms with Gasteiger partial charge >= 0.3 is 5.97 Å². The van der Waals surface area contributed by atoms with E-state index >= 15 is 0 Å². The van der Waals surface area contributed by atoms with Crippen molar-refractivity contribution in [1.82, 2.24) is 25.1 Å². The average molecular weight is 419 g/mol. The summed E-state index contributed by atoms with van der Waals surface area (Å²) >= 11 is 0. The number of amides is 1. The summed E-state index contributed by atoms with van der Waals surface area (Å²) in [7, 11) is 0. The van der Waals surface area contributed by atoms with Crippen LogP contribution in [0.1, 0.15) is 30.0 Å². The molecule has 0 bridgehead atoms. The van der Waals surface area contributed by atoms with Crippen LogP contribution in [0, 0.1) is 0 Å². The van der Waals surface area contributed by atoms with E-state index in [1.807, 2.05) is 12.1 Å². The normalized spacial score (nSPS) is 11.1. The molecular weight excluding hydrogens is 398 g/mol. The van der Waals surface area contributed by atoms with Crippen molar-refractivity contribution in [3.63, 3.8) is 0 Å². The van der Waals surface area contributed by atoms with Crippen LogP contribution in [0.4, 0.5) is 0 Å². The summed E-state index contributed by atoms with van der Waals surface area (Å²) < 4.78 is 12.2. The monoisotopic (exact) mass is 419 g/mol. The third-order valence-electron chi connectivity index (χ3n) is 4.46. The summed E-state index contributed by atoms with van der Waals surface area (Å²) in [5.41, 5.74) is 2.19. The number of rotatable bonds is 7. The maximum atomic E-state index is 12.9. The quantitative estimate of drug-likeness (QED) is 0.458.